The standard InChI is InChI=1S/C13H19N3O/c1-16(2)12(8-14)10-3-5-11-9(7-10)4-6-13(17)15-11/h3,5,7,12H,4,6,8,14H2,1-2H3,(H,15,17). The van der Waals surface area contributed by atoms with Gasteiger partial charge in [0.1, 0.15) is 0 Å². The predicted octanol–water partition coefficient (Wildman–Crippen LogP) is 1.13. The van der Waals surface area contributed by atoms with Gasteiger partial charge in [0, 0.05) is 24.7 Å². The lowest BCUT2D eigenvalue weighted by atomic mass is 9.97. The van der Waals surface area contributed by atoms with Gasteiger partial charge in [-0.1, -0.05) is 12.1 Å². The maximum atomic E-state index is 11.3. The summed E-state index contributed by atoms with van der Waals surface area (Å²) < 4.78 is 0. The number of likely N-dealkylation sites (N-methyl/N-ethyl adjacent to an activating group) is 1. The average Bonchev–Trinajstić information content (AvgIpc) is 2.29. The maximum Gasteiger partial charge on any atom is 0.224 e. The first-order chi connectivity index (χ1) is 8.11. The van der Waals surface area contributed by atoms with Gasteiger partial charge in [-0.15, -0.1) is 0 Å². The third kappa shape index (κ3) is 2.48. The van der Waals surface area contributed by atoms with Crippen LogP contribution >= 0.6 is 0 Å². The number of benzene rings is 1. The highest BCUT2D eigenvalue weighted by Crippen LogP contribution is 2.27. The summed E-state index contributed by atoms with van der Waals surface area (Å²) >= 11 is 0. The van der Waals surface area contributed by atoms with Crippen LogP contribution in [0.15, 0.2) is 18.2 Å². The number of aryl methyl sites for hydroxylation is 1. The number of carbonyl (C=O) groups is 1. The molecule has 4 nitrogen and oxygen atoms in total. The van der Waals surface area contributed by atoms with Crippen molar-refractivity contribution in [3.63, 3.8) is 0 Å². The highest BCUT2D eigenvalue weighted by atomic mass is 16.1. The van der Waals surface area contributed by atoms with Crippen molar-refractivity contribution in [1.82, 2.24) is 4.90 Å². The van der Waals surface area contributed by atoms with Crippen LogP contribution in [0, 0.1) is 0 Å². The van der Waals surface area contributed by atoms with Gasteiger partial charge >= 0.3 is 0 Å². The molecule has 1 atom stereocenters. The van der Waals surface area contributed by atoms with E-state index in [1.165, 1.54) is 11.1 Å². The fourth-order valence-electron chi connectivity index (χ4n) is 2.26. The van der Waals surface area contributed by atoms with Crippen LogP contribution < -0.4 is 11.1 Å². The van der Waals surface area contributed by atoms with Crippen LogP contribution in [0.4, 0.5) is 5.69 Å². The molecule has 0 saturated heterocycles. The molecule has 1 heterocycles. The van der Waals surface area contributed by atoms with Crippen molar-refractivity contribution in [2.75, 3.05) is 26.0 Å². The van der Waals surface area contributed by atoms with Crippen LogP contribution in [-0.4, -0.2) is 31.4 Å². The molecule has 0 bridgehead atoms. The fourth-order valence-corrected chi connectivity index (χ4v) is 2.26. The number of nitrogens with one attached hydrogen (secondary N) is 1. The second-order valence-corrected chi connectivity index (χ2v) is 4.68. The average molecular weight is 233 g/mol. The van der Waals surface area contributed by atoms with Crippen LogP contribution in [-0.2, 0) is 11.2 Å². The Balaban J connectivity index is 2.30. The number of hydrogen-bond donors (Lipinski definition) is 2. The van der Waals surface area contributed by atoms with Crippen molar-refractivity contribution in [3.8, 4) is 0 Å². The van der Waals surface area contributed by atoms with Gasteiger partial charge in [0.05, 0.1) is 0 Å². The molecule has 2 rings (SSSR count). The maximum absolute atomic E-state index is 11.3. The SMILES string of the molecule is CN(C)C(CN)c1ccc2c(c1)CCC(=O)N2. The first kappa shape index (κ1) is 12.1. The van der Waals surface area contributed by atoms with Gasteiger partial charge in [-0.2, -0.15) is 0 Å². The van der Waals surface area contributed by atoms with Crippen LogP contribution in [0.3, 0.4) is 0 Å². The summed E-state index contributed by atoms with van der Waals surface area (Å²) in [7, 11) is 4.05. The molecule has 4 heteroatoms. The number of rotatable bonds is 3. The van der Waals surface area contributed by atoms with E-state index in [4.69, 9.17) is 5.73 Å². The van der Waals surface area contributed by atoms with Crippen molar-refractivity contribution < 1.29 is 4.79 Å². The van der Waals surface area contributed by atoms with E-state index in [-0.39, 0.29) is 11.9 Å². The van der Waals surface area contributed by atoms with Crippen LogP contribution in [0.2, 0.25) is 0 Å². The van der Waals surface area contributed by atoms with E-state index in [1.54, 1.807) is 0 Å². The Kier molecular flexibility index (Phi) is 3.45. The van der Waals surface area contributed by atoms with Crippen molar-refractivity contribution in [2.45, 2.75) is 18.9 Å². The monoisotopic (exact) mass is 233 g/mol. The topological polar surface area (TPSA) is 58.4 Å². The molecule has 0 radical (unpaired) electrons. The van der Waals surface area contributed by atoms with E-state index in [0.29, 0.717) is 13.0 Å². The number of nitrogens with two attached hydrogens (primary N) is 1. The Morgan fingerprint density at radius 3 is 2.82 bits per heavy atom. The Morgan fingerprint density at radius 2 is 2.18 bits per heavy atom. The number of hydrogen-bond acceptors (Lipinski definition) is 3. The summed E-state index contributed by atoms with van der Waals surface area (Å²) in [4.78, 5) is 13.4. The van der Waals surface area contributed by atoms with Gasteiger partial charge in [0.2, 0.25) is 5.91 Å². The second-order valence-electron chi connectivity index (χ2n) is 4.68. The van der Waals surface area contributed by atoms with E-state index in [1.807, 2.05) is 26.2 Å². The van der Waals surface area contributed by atoms with Gasteiger partial charge in [0.15, 0.2) is 0 Å². The summed E-state index contributed by atoms with van der Waals surface area (Å²) in [5.41, 5.74) is 9.16. The van der Waals surface area contributed by atoms with Crippen molar-refractivity contribution in [3.05, 3.63) is 29.3 Å². The first-order valence-corrected chi connectivity index (χ1v) is 5.91. The molecule has 1 amide bonds. The third-order valence-corrected chi connectivity index (χ3v) is 3.26. The molecule has 0 aliphatic carbocycles. The zero-order chi connectivity index (χ0) is 12.4. The summed E-state index contributed by atoms with van der Waals surface area (Å²) in [5.74, 6) is 0.105. The smallest absolute Gasteiger partial charge is 0.224 e. The lowest BCUT2D eigenvalue weighted by molar-refractivity contribution is -0.116. The molecule has 0 spiro atoms. The fraction of sp³-hybridized carbons (Fsp3) is 0.462. The molecular weight excluding hydrogens is 214 g/mol. The number of anilines is 1. The van der Waals surface area contributed by atoms with Gasteiger partial charge in [-0.3, -0.25) is 4.79 Å². The minimum Gasteiger partial charge on any atom is -0.329 e. The van der Waals surface area contributed by atoms with E-state index in [2.05, 4.69) is 16.3 Å². The summed E-state index contributed by atoms with van der Waals surface area (Å²) in [6.07, 6.45) is 1.39. The van der Waals surface area contributed by atoms with E-state index in [9.17, 15) is 4.79 Å². The van der Waals surface area contributed by atoms with Gasteiger partial charge < -0.3 is 16.0 Å². The zero-order valence-electron chi connectivity index (χ0n) is 10.4. The second kappa shape index (κ2) is 4.85. The first-order valence-electron chi connectivity index (χ1n) is 5.91. The summed E-state index contributed by atoms with van der Waals surface area (Å²) in [6.45, 7) is 0.595. The van der Waals surface area contributed by atoms with E-state index in [0.717, 1.165) is 12.1 Å². The van der Waals surface area contributed by atoms with Crippen molar-refractivity contribution >= 4 is 11.6 Å². The Bertz CT molecular complexity index is 429. The molecule has 1 aliphatic heterocycles. The number of fused-ring (bicyclic) bond motifs is 1. The Hall–Kier alpha value is -1.39. The molecule has 17 heavy (non-hydrogen) atoms. The molecule has 1 aliphatic rings. The van der Waals surface area contributed by atoms with Crippen LogP contribution in [0.5, 0.6) is 0 Å². The van der Waals surface area contributed by atoms with E-state index < -0.39 is 0 Å². The highest BCUT2D eigenvalue weighted by molar-refractivity contribution is 5.93. The number of amides is 1. The molecule has 0 aromatic heterocycles. The molecule has 92 valence electrons. The molecular formula is C13H19N3O. The van der Waals surface area contributed by atoms with Crippen LogP contribution in [0.1, 0.15) is 23.6 Å². The minimum absolute atomic E-state index is 0.105. The molecule has 1 aromatic rings. The molecule has 3 N–H and O–H groups in total. The van der Waals surface area contributed by atoms with Gasteiger partial charge in [-0.25, -0.2) is 0 Å². The Morgan fingerprint density at radius 1 is 1.41 bits per heavy atom. The lowest BCUT2D eigenvalue weighted by Crippen LogP contribution is -2.27. The summed E-state index contributed by atoms with van der Waals surface area (Å²) in [6, 6.07) is 6.42. The molecule has 0 fully saturated rings. The number of carbonyl (C=O) groups excluding carboxylic acids is 1. The van der Waals surface area contributed by atoms with Crippen molar-refractivity contribution in [1.29, 1.82) is 0 Å². The molecule has 1 unspecified atom stereocenters. The minimum atomic E-state index is 0.105. The molecule has 0 saturated carbocycles. The predicted molar refractivity (Wildman–Crippen MR) is 68.9 cm³/mol. The molecule has 1 aromatic carbocycles. The normalized spacial score (nSPS) is 16.6. The third-order valence-electron chi connectivity index (χ3n) is 3.26. The largest absolute Gasteiger partial charge is 0.329 e. The van der Waals surface area contributed by atoms with Gasteiger partial charge in [0.25, 0.3) is 0 Å². The van der Waals surface area contributed by atoms with Crippen molar-refractivity contribution in [2.24, 2.45) is 5.73 Å². The summed E-state index contributed by atoms with van der Waals surface area (Å²) in [5, 5.41) is 2.89. The van der Waals surface area contributed by atoms with Gasteiger partial charge in [-0.05, 0) is 37.7 Å². The highest BCUT2D eigenvalue weighted by Gasteiger charge is 2.18. The Labute approximate surface area is 102 Å². The van der Waals surface area contributed by atoms with Crippen LogP contribution in [0.25, 0.3) is 0 Å². The zero-order valence-corrected chi connectivity index (χ0v) is 10.4. The van der Waals surface area contributed by atoms with E-state index >= 15 is 0 Å². The number of nitrogens with zero attached hydrogens (tertiary/aromatic N) is 1. The quantitative estimate of drug-likeness (QED) is 0.823. The lowest BCUT2D eigenvalue weighted by Gasteiger charge is -2.25.